The number of benzene rings is 1. The van der Waals surface area contributed by atoms with Gasteiger partial charge in [-0.25, -0.2) is 9.78 Å². The molecular weight excluding hydrogens is 480 g/mol. The average Bonchev–Trinajstić information content (AvgIpc) is 3.63. The zero-order chi connectivity index (χ0) is 26.8. The van der Waals surface area contributed by atoms with E-state index in [2.05, 4.69) is 65.0 Å². The van der Waals surface area contributed by atoms with Crippen LogP contribution in [0.25, 0.3) is 0 Å². The average molecular weight is 519 g/mol. The van der Waals surface area contributed by atoms with Crippen LogP contribution in [0.3, 0.4) is 0 Å². The number of likely N-dealkylation sites (N-methyl/N-ethyl adjacent to an activating group) is 1. The van der Waals surface area contributed by atoms with Crippen LogP contribution in [-0.4, -0.2) is 64.5 Å². The van der Waals surface area contributed by atoms with E-state index in [4.69, 9.17) is 4.74 Å². The molecule has 1 N–H and O–H groups in total. The molecule has 9 heteroatoms. The van der Waals surface area contributed by atoms with E-state index in [0.29, 0.717) is 30.4 Å². The summed E-state index contributed by atoms with van der Waals surface area (Å²) in [4.78, 5) is 39.2. The van der Waals surface area contributed by atoms with Gasteiger partial charge in [0, 0.05) is 37.9 Å². The third kappa shape index (κ3) is 5.53. The number of fused-ring (bicyclic) bond motifs is 1. The van der Waals surface area contributed by atoms with Gasteiger partial charge in [0.2, 0.25) is 11.9 Å². The van der Waals surface area contributed by atoms with Crippen LogP contribution < -0.4 is 10.2 Å². The Hall–Kier alpha value is -3.46. The maximum Gasteiger partial charge on any atom is 0.415 e. The lowest BCUT2D eigenvalue weighted by atomic mass is 9.96. The molecule has 3 aliphatic rings. The smallest absolute Gasteiger partial charge is 0.415 e. The van der Waals surface area contributed by atoms with Crippen molar-refractivity contribution in [2.75, 3.05) is 36.9 Å². The summed E-state index contributed by atoms with van der Waals surface area (Å²) in [5.41, 5.74) is 3.25. The highest BCUT2D eigenvalue weighted by atomic mass is 16.6. The van der Waals surface area contributed by atoms with Gasteiger partial charge in [0.05, 0.1) is 11.6 Å². The van der Waals surface area contributed by atoms with Crippen molar-refractivity contribution in [1.82, 2.24) is 19.8 Å². The molecule has 9 nitrogen and oxygen atoms in total. The predicted molar refractivity (Wildman–Crippen MR) is 147 cm³/mol. The minimum atomic E-state index is -0.378. The number of cyclic esters (lactones) is 1. The molecule has 5 rings (SSSR count). The van der Waals surface area contributed by atoms with Gasteiger partial charge in [0.25, 0.3) is 0 Å². The van der Waals surface area contributed by atoms with E-state index in [1.807, 2.05) is 11.8 Å². The fourth-order valence-electron chi connectivity index (χ4n) is 5.53. The molecule has 1 saturated heterocycles. The minimum Gasteiger partial charge on any atom is -0.444 e. The lowest BCUT2D eigenvalue weighted by Crippen LogP contribution is -2.38. The van der Waals surface area contributed by atoms with Crippen LogP contribution >= 0.6 is 0 Å². The van der Waals surface area contributed by atoms with Gasteiger partial charge in [-0.2, -0.15) is 4.98 Å². The number of carbonyl (C=O) groups excluding carboxylic acids is 2. The molecule has 0 radical (unpaired) electrons. The molecular formula is C29H38N6O3. The number of likely N-dealkylation sites (tertiary alicyclic amines) is 1. The lowest BCUT2D eigenvalue weighted by molar-refractivity contribution is -0.125. The zero-order valence-electron chi connectivity index (χ0n) is 22.6. The third-order valence-corrected chi connectivity index (χ3v) is 8.12. The summed E-state index contributed by atoms with van der Waals surface area (Å²) in [5, 5.41) is 3.39. The highest BCUT2D eigenvalue weighted by molar-refractivity contribution is 5.89. The normalized spacial score (nSPS) is 20.6. The highest BCUT2D eigenvalue weighted by Crippen LogP contribution is 2.41. The molecule has 1 unspecified atom stereocenters. The quantitative estimate of drug-likeness (QED) is 0.457. The van der Waals surface area contributed by atoms with Crippen molar-refractivity contribution < 1.29 is 14.3 Å². The fraction of sp³-hybridized carbons (Fsp3) is 0.517. The van der Waals surface area contributed by atoms with Gasteiger partial charge in [-0.15, -0.1) is 0 Å². The van der Waals surface area contributed by atoms with E-state index in [0.717, 1.165) is 43.0 Å². The summed E-state index contributed by atoms with van der Waals surface area (Å²) in [6.45, 7) is 9.86. The maximum absolute atomic E-state index is 12.1. The summed E-state index contributed by atoms with van der Waals surface area (Å²) in [6, 6.07) is 9.49. The number of rotatable bonds is 10. The summed E-state index contributed by atoms with van der Waals surface area (Å²) >= 11 is 0. The van der Waals surface area contributed by atoms with E-state index in [9.17, 15) is 9.59 Å². The van der Waals surface area contributed by atoms with Gasteiger partial charge in [0.15, 0.2) is 0 Å². The van der Waals surface area contributed by atoms with Gasteiger partial charge in [0.1, 0.15) is 12.4 Å². The fourth-order valence-corrected chi connectivity index (χ4v) is 5.53. The van der Waals surface area contributed by atoms with Crippen molar-refractivity contribution in [3.63, 3.8) is 0 Å². The molecule has 202 valence electrons. The Morgan fingerprint density at radius 2 is 2.00 bits per heavy atom. The minimum absolute atomic E-state index is 0.0133. The highest BCUT2D eigenvalue weighted by Gasteiger charge is 2.35. The number of amides is 2. The van der Waals surface area contributed by atoms with Gasteiger partial charge >= 0.3 is 6.09 Å². The van der Waals surface area contributed by atoms with Crippen LogP contribution in [0.4, 0.5) is 16.6 Å². The molecule has 1 saturated carbocycles. The topological polar surface area (TPSA) is 90.9 Å². The van der Waals surface area contributed by atoms with Gasteiger partial charge in [-0.1, -0.05) is 43.7 Å². The lowest BCUT2D eigenvalue weighted by Gasteiger charge is -2.34. The first kappa shape index (κ1) is 26.2. The second-order valence-electron chi connectivity index (χ2n) is 10.7. The molecule has 1 aliphatic carbocycles. The summed E-state index contributed by atoms with van der Waals surface area (Å²) in [5.74, 6) is 1.90. The van der Waals surface area contributed by atoms with Crippen molar-refractivity contribution in [1.29, 1.82) is 0 Å². The first-order valence-electron chi connectivity index (χ1n) is 13.7. The second-order valence-corrected chi connectivity index (χ2v) is 10.7. The SMILES string of the molecule is C=CC(=O)N1CC[C@@H](N(C)C(CC2CC2)c2ccc([C@H](C)Nc3ncc4c(n3)N(CC)C(=O)OC4)cc2)C1. The van der Waals surface area contributed by atoms with Crippen molar-refractivity contribution in [3.8, 4) is 0 Å². The standard InChI is InChI=1S/C29H38N6O3/c1-5-26(36)34-14-13-24(17-34)33(4)25(15-20-7-8-20)22-11-9-21(10-12-22)19(3)31-28-30-16-23-18-38-29(37)35(6-2)27(23)32-28/h5,9-12,16,19-20,24-25H,1,6-8,13-15,17-18H2,2-4H3,(H,30,31,32)/t19-,24+,25?/m0/s1. The second kappa shape index (κ2) is 11.1. The first-order valence-corrected chi connectivity index (χ1v) is 13.7. The largest absolute Gasteiger partial charge is 0.444 e. The van der Waals surface area contributed by atoms with Crippen molar-refractivity contribution in [2.24, 2.45) is 5.92 Å². The van der Waals surface area contributed by atoms with E-state index < -0.39 is 0 Å². The number of ether oxygens (including phenoxy) is 1. The van der Waals surface area contributed by atoms with E-state index in [1.165, 1.54) is 29.4 Å². The van der Waals surface area contributed by atoms with Gasteiger partial charge in [-0.05, 0) is 56.9 Å². The van der Waals surface area contributed by atoms with Crippen LogP contribution in [0, 0.1) is 5.92 Å². The van der Waals surface area contributed by atoms with Gasteiger partial charge in [-0.3, -0.25) is 14.6 Å². The maximum atomic E-state index is 12.1. The number of hydrogen-bond donors (Lipinski definition) is 1. The van der Waals surface area contributed by atoms with Crippen LogP contribution in [0.5, 0.6) is 0 Å². The molecule has 1 aromatic heterocycles. The van der Waals surface area contributed by atoms with Crippen molar-refractivity contribution >= 4 is 23.8 Å². The van der Waals surface area contributed by atoms with Crippen molar-refractivity contribution in [3.05, 3.63) is 59.8 Å². The Kier molecular flexibility index (Phi) is 7.65. The molecule has 0 bridgehead atoms. The van der Waals surface area contributed by atoms with Gasteiger partial charge < -0.3 is 15.0 Å². The number of aromatic nitrogens is 2. The summed E-state index contributed by atoms with van der Waals surface area (Å²) < 4.78 is 5.19. The Bertz CT molecular complexity index is 1180. The Labute approximate surface area is 224 Å². The monoisotopic (exact) mass is 518 g/mol. The third-order valence-electron chi connectivity index (χ3n) is 8.12. The predicted octanol–water partition coefficient (Wildman–Crippen LogP) is 4.69. The number of hydrogen-bond acceptors (Lipinski definition) is 7. The molecule has 3 atom stereocenters. The number of carbonyl (C=O) groups is 2. The number of anilines is 2. The number of nitrogens with one attached hydrogen (secondary N) is 1. The zero-order valence-corrected chi connectivity index (χ0v) is 22.6. The van der Waals surface area contributed by atoms with Crippen LogP contribution in [-0.2, 0) is 16.1 Å². The summed E-state index contributed by atoms with van der Waals surface area (Å²) in [7, 11) is 2.21. The molecule has 2 fully saturated rings. The van der Waals surface area contributed by atoms with E-state index in [-0.39, 0.29) is 24.6 Å². The van der Waals surface area contributed by atoms with Crippen LogP contribution in [0.15, 0.2) is 43.1 Å². The molecule has 3 heterocycles. The number of nitrogens with zero attached hydrogens (tertiary/aromatic N) is 5. The molecule has 2 aliphatic heterocycles. The van der Waals surface area contributed by atoms with E-state index >= 15 is 0 Å². The van der Waals surface area contributed by atoms with Crippen molar-refractivity contribution in [2.45, 2.75) is 64.3 Å². The van der Waals surface area contributed by atoms with Crippen LogP contribution in [0.2, 0.25) is 0 Å². The molecule has 38 heavy (non-hydrogen) atoms. The molecule has 1 aromatic carbocycles. The summed E-state index contributed by atoms with van der Waals surface area (Å²) in [6.07, 6.45) is 7.52. The molecule has 2 amide bonds. The van der Waals surface area contributed by atoms with E-state index in [1.54, 1.807) is 6.20 Å². The molecule has 0 spiro atoms. The molecule has 2 aromatic rings. The first-order chi connectivity index (χ1) is 18.4. The van der Waals surface area contributed by atoms with Crippen LogP contribution in [0.1, 0.15) is 68.3 Å². The Morgan fingerprint density at radius 3 is 2.68 bits per heavy atom. The Balaban J connectivity index is 1.28. The Morgan fingerprint density at radius 1 is 1.26 bits per heavy atom.